The number of nitrogens with one attached hydrogen (secondary N) is 1. The van der Waals surface area contributed by atoms with Crippen LogP contribution in [0.5, 0.6) is 11.5 Å². The molecule has 0 spiro atoms. The molecule has 0 saturated carbocycles. The fraction of sp³-hybridized carbons (Fsp3) is 0.118. The van der Waals surface area contributed by atoms with Gasteiger partial charge in [-0.3, -0.25) is 4.79 Å². The van der Waals surface area contributed by atoms with Crippen LogP contribution in [0.2, 0.25) is 0 Å². The number of carbonyl (C=O) groups excluding carboxylic acids is 1. The van der Waals surface area contributed by atoms with E-state index in [1.165, 1.54) is 30.6 Å². The van der Waals surface area contributed by atoms with Crippen molar-refractivity contribution in [3.8, 4) is 11.5 Å². The molecule has 0 atom stereocenters. The molecule has 0 saturated heterocycles. The minimum Gasteiger partial charge on any atom is -0.493 e. The van der Waals surface area contributed by atoms with E-state index in [4.69, 9.17) is 4.74 Å². The van der Waals surface area contributed by atoms with E-state index < -0.39 is 6.61 Å². The van der Waals surface area contributed by atoms with Crippen LogP contribution in [0.3, 0.4) is 0 Å². The van der Waals surface area contributed by atoms with Crippen molar-refractivity contribution in [3.05, 3.63) is 57.8 Å². The Hall–Kier alpha value is -2.67. The average molecular weight is 349 g/mol. The number of alkyl halides is 2. The zero-order valence-electron chi connectivity index (χ0n) is 12.6. The predicted molar refractivity (Wildman–Crippen MR) is 88.0 cm³/mol. The molecular formula is C17H13F2NO3S. The molecule has 1 aliphatic heterocycles. The van der Waals surface area contributed by atoms with Crippen LogP contribution in [-0.4, -0.2) is 19.6 Å². The molecule has 1 N–H and O–H groups in total. The Kier molecular flexibility index (Phi) is 4.61. The van der Waals surface area contributed by atoms with Crippen molar-refractivity contribution < 1.29 is 23.0 Å². The number of thiophene rings is 1. The summed E-state index contributed by atoms with van der Waals surface area (Å²) in [5.74, 6) is -0.112. The van der Waals surface area contributed by atoms with E-state index in [0.29, 0.717) is 16.8 Å². The van der Waals surface area contributed by atoms with Gasteiger partial charge in [0.25, 0.3) is 5.91 Å². The molecular weight excluding hydrogens is 336 g/mol. The average Bonchev–Trinajstić information content (AvgIpc) is 3.18. The number of rotatable bonds is 5. The van der Waals surface area contributed by atoms with E-state index in [2.05, 4.69) is 10.1 Å². The first-order valence-corrected chi connectivity index (χ1v) is 7.86. The number of hydrogen-bond acceptors (Lipinski definition) is 4. The van der Waals surface area contributed by atoms with Crippen molar-refractivity contribution in [1.82, 2.24) is 5.32 Å². The highest BCUT2D eigenvalue weighted by Gasteiger charge is 2.20. The fourth-order valence-corrected chi connectivity index (χ4v) is 2.94. The Morgan fingerprint density at radius 3 is 2.75 bits per heavy atom. The molecule has 0 aliphatic carbocycles. The Labute approximate surface area is 141 Å². The summed E-state index contributed by atoms with van der Waals surface area (Å²) < 4.78 is 34.2. The van der Waals surface area contributed by atoms with Gasteiger partial charge in [-0.25, -0.2) is 0 Å². The monoisotopic (exact) mass is 349 g/mol. The summed E-state index contributed by atoms with van der Waals surface area (Å²) in [5, 5.41) is 4.69. The maximum atomic E-state index is 12.4. The van der Waals surface area contributed by atoms with E-state index in [1.807, 2.05) is 17.5 Å². The first kappa shape index (κ1) is 16.2. The van der Waals surface area contributed by atoms with Gasteiger partial charge in [-0.1, -0.05) is 6.07 Å². The highest BCUT2D eigenvalue weighted by atomic mass is 32.1. The lowest BCUT2D eigenvalue weighted by atomic mass is 10.1. The summed E-state index contributed by atoms with van der Waals surface area (Å²) in [6.45, 7) is -2.93. The number of carbonyl (C=O) groups is 1. The lowest BCUT2D eigenvalue weighted by molar-refractivity contribution is -0.115. The van der Waals surface area contributed by atoms with Crippen LogP contribution >= 0.6 is 11.3 Å². The van der Waals surface area contributed by atoms with Crippen molar-refractivity contribution in [1.29, 1.82) is 0 Å². The Morgan fingerprint density at radius 1 is 1.25 bits per heavy atom. The zero-order chi connectivity index (χ0) is 17.1. The molecule has 2 aromatic rings. The molecule has 3 rings (SSSR count). The summed E-state index contributed by atoms with van der Waals surface area (Å²) in [6, 6.07) is 8.32. The standard InChI is InChI=1S/C17H13F2NO3S/c1-22-15-9-10(4-5-14(15)23-17(18)19)13-8-11(16(21)20-13)7-12-3-2-6-24-12/h2-9,17H,1H3,(H,20,21). The normalized spacial score (nSPS) is 15.6. The van der Waals surface area contributed by atoms with Crippen molar-refractivity contribution in [2.75, 3.05) is 7.11 Å². The molecule has 0 radical (unpaired) electrons. The fourth-order valence-electron chi connectivity index (χ4n) is 2.27. The summed E-state index contributed by atoms with van der Waals surface area (Å²) >= 11 is 1.53. The number of amides is 1. The molecule has 1 aliphatic rings. The highest BCUT2D eigenvalue weighted by Crippen LogP contribution is 2.33. The van der Waals surface area contributed by atoms with E-state index >= 15 is 0 Å². The van der Waals surface area contributed by atoms with Gasteiger partial charge in [-0.2, -0.15) is 8.78 Å². The number of methoxy groups -OCH3 is 1. The smallest absolute Gasteiger partial charge is 0.387 e. The minimum absolute atomic E-state index is 0.0597. The third-order valence-electron chi connectivity index (χ3n) is 3.34. The molecule has 7 heteroatoms. The number of ether oxygens (including phenoxy) is 2. The highest BCUT2D eigenvalue weighted by molar-refractivity contribution is 7.10. The van der Waals surface area contributed by atoms with Crippen LogP contribution in [0.1, 0.15) is 10.4 Å². The third kappa shape index (κ3) is 3.46. The molecule has 1 amide bonds. The minimum atomic E-state index is -2.93. The van der Waals surface area contributed by atoms with Crippen LogP contribution in [-0.2, 0) is 4.79 Å². The predicted octanol–water partition coefficient (Wildman–Crippen LogP) is 3.91. The van der Waals surface area contributed by atoms with E-state index in [0.717, 1.165) is 4.88 Å². The molecule has 0 unspecified atom stereocenters. The number of halogens is 2. The van der Waals surface area contributed by atoms with Gasteiger partial charge in [0.2, 0.25) is 0 Å². The summed E-state index contributed by atoms with van der Waals surface area (Å²) in [4.78, 5) is 13.0. The lowest BCUT2D eigenvalue weighted by Gasteiger charge is -2.11. The first-order valence-electron chi connectivity index (χ1n) is 6.98. The van der Waals surface area contributed by atoms with E-state index in [9.17, 15) is 13.6 Å². The van der Waals surface area contributed by atoms with Gasteiger partial charge >= 0.3 is 6.61 Å². The van der Waals surface area contributed by atoms with Crippen LogP contribution < -0.4 is 14.8 Å². The maximum absolute atomic E-state index is 12.4. The molecule has 124 valence electrons. The number of hydrogen-bond donors (Lipinski definition) is 1. The van der Waals surface area contributed by atoms with Crippen LogP contribution in [0.25, 0.3) is 11.8 Å². The molecule has 4 nitrogen and oxygen atoms in total. The molecule has 0 bridgehead atoms. The molecule has 1 aromatic carbocycles. The van der Waals surface area contributed by atoms with Crippen LogP contribution in [0.15, 0.2) is 47.4 Å². The lowest BCUT2D eigenvalue weighted by Crippen LogP contribution is -2.15. The summed E-state index contributed by atoms with van der Waals surface area (Å²) in [5.41, 5.74) is 1.74. The van der Waals surface area contributed by atoms with Crippen LogP contribution in [0, 0.1) is 0 Å². The largest absolute Gasteiger partial charge is 0.493 e. The van der Waals surface area contributed by atoms with Gasteiger partial charge in [0, 0.05) is 21.7 Å². The van der Waals surface area contributed by atoms with Crippen LogP contribution in [0.4, 0.5) is 8.78 Å². The van der Waals surface area contributed by atoms with Crippen molar-refractivity contribution in [2.24, 2.45) is 0 Å². The topological polar surface area (TPSA) is 47.6 Å². The Bertz CT molecular complexity index is 813. The second-order valence-corrected chi connectivity index (χ2v) is 5.85. The first-order chi connectivity index (χ1) is 11.6. The Morgan fingerprint density at radius 2 is 2.08 bits per heavy atom. The van der Waals surface area contributed by atoms with Gasteiger partial charge in [-0.15, -0.1) is 11.3 Å². The van der Waals surface area contributed by atoms with E-state index in [1.54, 1.807) is 18.2 Å². The molecule has 2 heterocycles. The van der Waals surface area contributed by atoms with Gasteiger partial charge in [0.05, 0.1) is 7.11 Å². The molecule has 24 heavy (non-hydrogen) atoms. The summed E-state index contributed by atoms with van der Waals surface area (Å²) in [6.07, 6.45) is 3.50. The molecule has 0 fully saturated rings. The zero-order valence-corrected chi connectivity index (χ0v) is 13.4. The summed E-state index contributed by atoms with van der Waals surface area (Å²) in [7, 11) is 1.36. The van der Waals surface area contributed by atoms with Gasteiger partial charge in [-0.05, 0) is 41.8 Å². The second kappa shape index (κ2) is 6.84. The van der Waals surface area contributed by atoms with Crippen molar-refractivity contribution >= 4 is 29.0 Å². The maximum Gasteiger partial charge on any atom is 0.387 e. The Balaban J connectivity index is 1.90. The van der Waals surface area contributed by atoms with Gasteiger partial charge in [0.1, 0.15) is 0 Å². The van der Waals surface area contributed by atoms with Gasteiger partial charge < -0.3 is 14.8 Å². The number of benzene rings is 1. The quantitative estimate of drug-likeness (QED) is 0.833. The third-order valence-corrected chi connectivity index (χ3v) is 4.16. The van der Waals surface area contributed by atoms with Gasteiger partial charge in [0.15, 0.2) is 11.5 Å². The van der Waals surface area contributed by atoms with Crippen molar-refractivity contribution in [2.45, 2.75) is 6.61 Å². The SMILES string of the molecule is COc1cc(C2=CC(=Cc3cccs3)C(=O)N2)ccc1OC(F)F. The molecule has 1 aromatic heterocycles. The van der Waals surface area contributed by atoms with Crippen molar-refractivity contribution in [3.63, 3.8) is 0 Å². The second-order valence-electron chi connectivity index (χ2n) is 4.87. The van der Waals surface area contributed by atoms with E-state index in [-0.39, 0.29) is 17.4 Å².